The standard InChI is InChI=1S/C17H20N6O/c1-11-9-14(23-24-11)20-15-10-18-22-16(21-15)19-13-7-5-12(6-8-13)17(2,3)4/h5-10H,1-4H3,(H2,19,20,21,22,23). The average molecular weight is 324 g/mol. The molecule has 2 N–H and O–H groups in total. The molecule has 0 amide bonds. The normalized spacial score (nSPS) is 11.3. The Balaban J connectivity index is 1.72. The van der Waals surface area contributed by atoms with Crippen LogP contribution in [0.2, 0.25) is 0 Å². The van der Waals surface area contributed by atoms with Crippen LogP contribution < -0.4 is 10.6 Å². The van der Waals surface area contributed by atoms with Gasteiger partial charge in [-0.25, -0.2) is 0 Å². The molecule has 3 aromatic rings. The van der Waals surface area contributed by atoms with E-state index in [-0.39, 0.29) is 5.41 Å². The monoisotopic (exact) mass is 324 g/mol. The van der Waals surface area contributed by atoms with Crippen LogP contribution in [0, 0.1) is 6.92 Å². The maximum absolute atomic E-state index is 5.01. The summed E-state index contributed by atoms with van der Waals surface area (Å²) in [6.07, 6.45) is 1.53. The van der Waals surface area contributed by atoms with Crippen molar-refractivity contribution in [3.63, 3.8) is 0 Å². The topological polar surface area (TPSA) is 88.8 Å². The molecule has 7 heteroatoms. The summed E-state index contributed by atoms with van der Waals surface area (Å²) in [5, 5.41) is 18.0. The highest BCUT2D eigenvalue weighted by molar-refractivity contribution is 5.57. The largest absolute Gasteiger partial charge is 0.360 e. The molecule has 0 bridgehead atoms. The number of nitrogens with one attached hydrogen (secondary N) is 2. The molecule has 0 atom stereocenters. The number of nitrogens with zero attached hydrogens (tertiary/aromatic N) is 4. The molecule has 2 heterocycles. The Bertz CT molecular complexity index is 820. The summed E-state index contributed by atoms with van der Waals surface area (Å²) in [6.45, 7) is 8.38. The number of rotatable bonds is 4. The van der Waals surface area contributed by atoms with E-state index >= 15 is 0 Å². The second-order valence-corrected chi connectivity index (χ2v) is 6.57. The molecule has 0 aliphatic rings. The Labute approximate surface area is 140 Å². The quantitative estimate of drug-likeness (QED) is 0.751. The van der Waals surface area contributed by atoms with E-state index < -0.39 is 0 Å². The van der Waals surface area contributed by atoms with Gasteiger partial charge in [0.1, 0.15) is 5.76 Å². The van der Waals surface area contributed by atoms with Crippen LogP contribution in [0.4, 0.5) is 23.3 Å². The summed E-state index contributed by atoms with van der Waals surface area (Å²) in [6, 6.07) is 9.97. The molecule has 0 radical (unpaired) electrons. The molecule has 0 unspecified atom stereocenters. The third-order valence-corrected chi connectivity index (χ3v) is 3.45. The van der Waals surface area contributed by atoms with E-state index in [1.807, 2.05) is 19.1 Å². The van der Waals surface area contributed by atoms with Gasteiger partial charge in [-0.1, -0.05) is 38.1 Å². The van der Waals surface area contributed by atoms with Crippen LogP contribution in [0.15, 0.2) is 41.1 Å². The van der Waals surface area contributed by atoms with Crippen molar-refractivity contribution in [2.75, 3.05) is 10.6 Å². The Kier molecular flexibility index (Phi) is 4.16. The fourth-order valence-corrected chi connectivity index (χ4v) is 2.16. The lowest BCUT2D eigenvalue weighted by atomic mass is 9.87. The Morgan fingerprint density at radius 3 is 2.38 bits per heavy atom. The third kappa shape index (κ3) is 3.87. The van der Waals surface area contributed by atoms with Crippen molar-refractivity contribution in [3.8, 4) is 0 Å². The molecule has 0 saturated carbocycles. The van der Waals surface area contributed by atoms with Crippen molar-refractivity contribution in [3.05, 3.63) is 47.9 Å². The van der Waals surface area contributed by atoms with Crippen LogP contribution in [0.5, 0.6) is 0 Å². The highest BCUT2D eigenvalue weighted by atomic mass is 16.5. The van der Waals surface area contributed by atoms with E-state index in [1.54, 1.807) is 6.07 Å². The third-order valence-electron chi connectivity index (χ3n) is 3.45. The van der Waals surface area contributed by atoms with E-state index in [2.05, 4.69) is 63.9 Å². The van der Waals surface area contributed by atoms with Crippen LogP contribution in [-0.2, 0) is 5.41 Å². The summed E-state index contributed by atoms with van der Waals surface area (Å²) in [5.74, 6) is 2.24. The van der Waals surface area contributed by atoms with Gasteiger partial charge in [0.05, 0.1) is 6.20 Å². The van der Waals surface area contributed by atoms with Crippen molar-refractivity contribution in [1.29, 1.82) is 0 Å². The van der Waals surface area contributed by atoms with Gasteiger partial charge in [-0.05, 0) is 30.0 Å². The molecule has 0 saturated heterocycles. The summed E-state index contributed by atoms with van der Waals surface area (Å²) in [4.78, 5) is 4.37. The Morgan fingerprint density at radius 1 is 1.00 bits per heavy atom. The van der Waals surface area contributed by atoms with Gasteiger partial charge in [0, 0.05) is 11.8 Å². The predicted molar refractivity (Wildman–Crippen MR) is 92.8 cm³/mol. The number of anilines is 4. The number of aromatic nitrogens is 4. The van der Waals surface area contributed by atoms with Crippen molar-refractivity contribution < 1.29 is 4.52 Å². The van der Waals surface area contributed by atoms with Crippen LogP contribution in [0.1, 0.15) is 32.1 Å². The van der Waals surface area contributed by atoms with Crippen molar-refractivity contribution in [2.24, 2.45) is 0 Å². The van der Waals surface area contributed by atoms with Crippen molar-refractivity contribution in [2.45, 2.75) is 33.1 Å². The highest BCUT2D eigenvalue weighted by Gasteiger charge is 2.13. The van der Waals surface area contributed by atoms with Crippen LogP contribution in [0.25, 0.3) is 0 Å². The summed E-state index contributed by atoms with van der Waals surface area (Å²) in [7, 11) is 0. The Hall–Kier alpha value is -2.96. The van der Waals surface area contributed by atoms with Gasteiger partial charge in [0.2, 0.25) is 5.95 Å². The first-order valence-corrected chi connectivity index (χ1v) is 7.68. The van der Waals surface area contributed by atoms with Gasteiger partial charge in [0.25, 0.3) is 0 Å². The van der Waals surface area contributed by atoms with Gasteiger partial charge in [-0.3, -0.25) is 0 Å². The molecule has 124 valence electrons. The minimum Gasteiger partial charge on any atom is -0.360 e. The lowest BCUT2D eigenvalue weighted by Crippen LogP contribution is -2.10. The highest BCUT2D eigenvalue weighted by Crippen LogP contribution is 2.24. The maximum atomic E-state index is 5.01. The van der Waals surface area contributed by atoms with E-state index in [1.165, 1.54) is 11.8 Å². The van der Waals surface area contributed by atoms with Gasteiger partial charge in [-0.2, -0.15) is 10.1 Å². The molecule has 0 aliphatic carbocycles. The van der Waals surface area contributed by atoms with Crippen molar-refractivity contribution >= 4 is 23.3 Å². The molecule has 2 aromatic heterocycles. The zero-order valence-corrected chi connectivity index (χ0v) is 14.2. The van der Waals surface area contributed by atoms with E-state index in [0.29, 0.717) is 17.6 Å². The molecule has 0 fully saturated rings. The second kappa shape index (κ2) is 6.27. The number of hydrogen-bond donors (Lipinski definition) is 2. The second-order valence-electron chi connectivity index (χ2n) is 6.57. The van der Waals surface area contributed by atoms with Crippen LogP contribution in [0.3, 0.4) is 0 Å². The minimum atomic E-state index is 0.121. The average Bonchev–Trinajstić information content (AvgIpc) is 2.92. The molecule has 7 nitrogen and oxygen atoms in total. The lowest BCUT2D eigenvalue weighted by molar-refractivity contribution is 0.400. The zero-order valence-electron chi connectivity index (χ0n) is 14.2. The van der Waals surface area contributed by atoms with E-state index in [9.17, 15) is 0 Å². The van der Waals surface area contributed by atoms with Crippen LogP contribution >= 0.6 is 0 Å². The summed E-state index contributed by atoms with van der Waals surface area (Å²) < 4.78 is 5.01. The molecule has 0 aliphatic heterocycles. The first-order chi connectivity index (χ1) is 11.4. The SMILES string of the molecule is Cc1cc(Nc2cnnc(Nc3ccc(C(C)(C)C)cc3)n2)no1. The van der Waals surface area contributed by atoms with E-state index in [4.69, 9.17) is 4.52 Å². The fourth-order valence-electron chi connectivity index (χ4n) is 2.16. The summed E-state index contributed by atoms with van der Waals surface area (Å²) in [5.41, 5.74) is 2.29. The number of hydrogen-bond acceptors (Lipinski definition) is 7. The molecule has 3 rings (SSSR count). The molecular weight excluding hydrogens is 304 g/mol. The van der Waals surface area contributed by atoms with Gasteiger partial charge < -0.3 is 15.2 Å². The minimum absolute atomic E-state index is 0.121. The predicted octanol–water partition coefficient (Wildman–Crippen LogP) is 3.95. The first-order valence-electron chi connectivity index (χ1n) is 7.68. The van der Waals surface area contributed by atoms with Crippen LogP contribution in [-0.4, -0.2) is 20.3 Å². The maximum Gasteiger partial charge on any atom is 0.249 e. The molecule has 24 heavy (non-hydrogen) atoms. The Morgan fingerprint density at radius 2 is 1.75 bits per heavy atom. The zero-order chi connectivity index (χ0) is 17.2. The lowest BCUT2D eigenvalue weighted by Gasteiger charge is -2.19. The van der Waals surface area contributed by atoms with Gasteiger partial charge in [-0.15, -0.1) is 5.10 Å². The molecular formula is C17H20N6O. The smallest absolute Gasteiger partial charge is 0.249 e. The van der Waals surface area contributed by atoms with Crippen molar-refractivity contribution in [1.82, 2.24) is 20.3 Å². The first kappa shape index (κ1) is 15.9. The number of aryl methyl sites for hydroxylation is 1. The summed E-state index contributed by atoms with van der Waals surface area (Å²) >= 11 is 0. The van der Waals surface area contributed by atoms with Gasteiger partial charge in [0.15, 0.2) is 11.6 Å². The number of benzene rings is 1. The fraction of sp³-hybridized carbons (Fsp3) is 0.294. The van der Waals surface area contributed by atoms with Gasteiger partial charge >= 0.3 is 0 Å². The molecule has 1 aromatic carbocycles. The molecule has 0 spiro atoms. The van der Waals surface area contributed by atoms with E-state index in [0.717, 1.165) is 11.4 Å².